The minimum Gasteiger partial charge on any atom is -0.507 e. The van der Waals surface area contributed by atoms with Crippen LogP contribution in [0.2, 0.25) is 0 Å². The molecule has 0 aromatic heterocycles. The zero-order valence-corrected chi connectivity index (χ0v) is 14.5. The van der Waals surface area contributed by atoms with Gasteiger partial charge in [-0.05, 0) is 46.9 Å². The molecule has 0 amide bonds. The summed E-state index contributed by atoms with van der Waals surface area (Å²) in [5, 5.41) is 10.7. The number of nitrogens with two attached hydrogens (primary N) is 2. The number of rotatable bonds is 4. The summed E-state index contributed by atoms with van der Waals surface area (Å²) in [4.78, 5) is 0. The first-order chi connectivity index (χ1) is 9.48. The van der Waals surface area contributed by atoms with Gasteiger partial charge in [-0.25, -0.2) is 0 Å². The highest BCUT2D eigenvalue weighted by atomic mass is 16.3. The van der Waals surface area contributed by atoms with Crippen molar-refractivity contribution in [2.45, 2.75) is 71.3 Å². The van der Waals surface area contributed by atoms with E-state index in [1.54, 1.807) is 0 Å². The van der Waals surface area contributed by atoms with Gasteiger partial charge in [-0.15, -0.1) is 0 Å². The van der Waals surface area contributed by atoms with Gasteiger partial charge in [-0.1, -0.05) is 53.7 Å². The Morgan fingerprint density at radius 1 is 1.00 bits per heavy atom. The topological polar surface area (TPSA) is 72.3 Å². The lowest BCUT2D eigenvalue weighted by Crippen LogP contribution is -2.20. The minimum absolute atomic E-state index is 0.0312. The van der Waals surface area contributed by atoms with Crippen molar-refractivity contribution in [1.29, 1.82) is 0 Å². The Labute approximate surface area is 129 Å². The molecule has 21 heavy (non-hydrogen) atoms. The van der Waals surface area contributed by atoms with Gasteiger partial charge >= 0.3 is 0 Å². The smallest absolute Gasteiger partial charge is 0.123 e. The third-order valence-corrected chi connectivity index (χ3v) is 3.90. The Morgan fingerprint density at radius 2 is 1.43 bits per heavy atom. The Hall–Kier alpha value is -1.06. The summed E-state index contributed by atoms with van der Waals surface area (Å²) in [6, 6.07) is 4.09. The Morgan fingerprint density at radius 3 is 1.76 bits per heavy atom. The lowest BCUT2D eigenvalue weighted by molar-refractivity contribution is 0.422. The average molecular weight is 292 g/mol. The molecular weight excluding hydrogens is 260 g/mol. The van der Waals surface area contributed by atoms with Crippen LogP contribution in [0, 0.1) is 0 Å². The minimum atomic E-state index is -0.117. The van der Waals surface area contributed by atoms with Gasteiger partial charge in [0.15, 0.2) is 0 Å². The van der Waals surface area contributed by atoms with E-state index in [1.165, 1.54) is 0 Å². The first kappa shape index (κ1) is 18.0. The van der Waals surface area contributed by atoms with E-state index in [2.05, 4.69) is 53.7 Å². The van der Waals surface area contributed by atoms with Crippen LogP contribution >= 0.6 is 0 Å². The lowest BCUT2D eigenvalue weighted by Gasteiger charge is -2.29. The van der Waals surface area contributed by atoms with Crippen LogP contribution in [-0.4, -0.2) is 11.7 Å². The molecule has 0 fully saturated rings. The number of phenols is 1. The molecule has 0 radical (unpaired) electrons. The normalized spacial score (nSPS) is 14.3. The number of benzene rings is 1. The quantitative estimate of drug-likeness (QED) is 0.792. The second-order valence-electron chi connectivity index (χ2n) is 8.00. The Balaban J connectivity index is 3.40. The van der Waals surface area contributed by atoms with Gasteiger partial charge in [0.2, 0.25) is 0 Å². The monoisotopic (exact) mass is 292 g/mol. The first-order valence-corrected chi connectivity index (χ1v) is 7.82. The molecule has 120 valence electrons. The summed E-state index contributed by atoms with van der Waals surface area (Å²) in [6.07, 6.45) is 1.78. The molecule has 0 spiro atoms. The van der Waals surface area contributed by atoms with Crippen molar-refractivity contribution in [3.05, 3.63) is 28.8 Å². The molecule has 1 aromatic carbocycles. The molecule has 1 rings (SSSR count). The highest BCUT2D eigenvalue weighted by Gasteiger charge is 2.27. The Bertz CT molecular complexity index is 446. The molecule has 1 aromatic rings. The van der Waals surface area contributed by atoms with E-state index in [4.69, 9.17) is 11.5 Å². The van der Waals surface area contributed by atoms with Gasteiger partial charge in [-0.2, -0.15) is 0 Å². The van der Waals surface area contributed by atoms with Crippen LogP contribution in [0.15, 0.2) is 12.1 Å². The van der Waals surface area contributed by atoms with Gasteiger partial charge in [0, 0.05) is 6.04 Å². The summed E-state index contributed by atoms with van der Waals surface area (Å²) in [7, 11) is 0. The second kappa shape index (κ2) is 6.37. The summed E-state index contributed by atoms with van der Waals surface area (Å²) < 4.78 is 0. The standard InChI is InChI=1S/C18H32N2O/c1-17(2,3)13-10-12(15(20)8-7-9-19)11-14(16(13)21)18(4,5)6/h10-11,15,21H,7-9,19-20H2,1-6H3/t15-/m0/s1. The summed E-state index contributed by atoms with van der Waals surface area (Å²) >= 11 is 0. The lowest BCUT2D eigenvalue weighted by atomic mass is 9.77. The molecule has 0 saturated carbocycles. The number of hydrogen-bond donors (Lipinski definition) is 3. The number of hydrogen-bond acceptors (Lipinski definition) is 3. The number of aromatic hydroxyl groups is 1. The van der Waals surface area contributed by atoms with Crippen LogP contribution in [0.4, 0.5) is 0 Å². The Kier molecular flexibility index (Phi) is 5.46. The molecule has 1 atom stereocenters. The third-order valence-electron chi connectivity index (χ3n) is 3.90. The fraction of sp³-hybridized carbons (Fsp3) is 0.667. The summed E-state index contributed by atoms with van der Waals surface area (Å²) in [5.74, 6) is 0.407. The van der Waals surface area contributed by atoms with Crippen LogP contribution in [0.25, 0.3) is 0 Å². The molecule has 0 aliphatic carbocycles. The van der Waals surface area contributed by atoms with Crippen LogP contribution in [0.1, 0.15) is 77.1 Å². The SMILES string of the molecule is CC(C)(C)c1cc([C@@H](N)CCCN)cc(C(C)(C)C)c1O. The molecular formula is C18H32N2O. The predicted molar refractivity (Wildman–Crippen MR) is 90.7 cm³/mol. The summed E-state index contributed by atoms with van der Waals surface area (Å²) in [6.45, 7) is 13.3. The van der Waals surface area contributed by atoms with Gasteiger partial charge in [0.1, 0.15) is 5.75 Å². The maximum Gasteiger partial charge on any atom is 0.123 e. The molecule has 3 nitrogen and oxygen atoms in total. The van der Waals surface area contributed by atoms with Crippen molar-refractivity contribution >= 4 is 0 Å². The largest absolute Gasteiger partial charge is 0.507 e. The van der Waals surface area contributed by atoms with Gasteiger partial charge in [0.25, 0.3) is 0 Å². The number of phenolic OH excluding ortho intramolecular Hbond substituents is 1. The molecule has 0 bridgehead atoms. The molecule has 3 heteroatoms. The molecule has 0 aliphatic rings. The fourth-order valence-electron chi connectivity index (χ4n) is 2.52. The zero-order valence-electron chi connectivity index (χ0n) is 14.5. The molecule has 0 heterocycles. The van der Waals surface area contributed by atoms with Crippen molar-refractivity contribution in [3.8, 4) is 5.75 Å². The van der Waals surface area contributed by atoms with E-state index in [0.29, 0.717) is 12.3 Å². The van der Waals surface area contributed by atoms with E-state index in [9.17, 15) is 5.11 Å². The van der Waals surface area contributed by atoms with Gasteiger partial charge in [0.05, 0.1) is 0 Å². The van der Waals surface area contributed by atoms with Crippen molar-refractivity contribution in [3.63, 3.8) is 0 Å². The van der Waals surface area contributed by atoms with Crippen molar-refractivity contribution in [1.82, 2.24) is 0 Å². The van der Waals surface area contributed by atoms with Crippen LogP contribution < -0.4 is 11.5 Å². The maximum absolute atomic E-state index is 10.7. The fourth-order valence-corrected chi connectivity index (χ4v) is 2.52. The van der Waals surface area contributed by atoms with Crippen molar-refractivity contribution < 1.29 is 5.11 Å². The molecule has 5 N–H and O–H groups in total. The summed E-state index contributed by atoms with van der Waals surface area (Å²) in [5.41, 5.74) is 14.7. The second-order valence-corrected chi connectivity index (χ2v) is 8.00. The van der Waals surface area contributed by atoms with Gasteiger partial charge < -0.3 is 16.6 Å². The highest BCUT2D eigenvalue weighted by molar-refractivity contribution is 5.50. The van der Waals surface area contributed by atoms with Crippen molar-refractivity contribution in [2.24, 2.45) is 11.5 Å². The van der Waals surface area contributed by atoms with Crippen LogP contribution in [0.3, 0.4) is 0 Å². The average Bonchev–Trinajstić information content (AvgIpc) is 2.33. The molecule has 0 aliphatic heterocycles. The predicted octanol–water partition coefficient (Wildman–Crippen LogP) is 3.73. The van der Waals surface area contributed by atoms with Crippen molar-refractivity contribution in [2.75, 3.05) is 6.54 Å². The maximum atomic E-state index is 10.7. The van der Waals surface area contributed by atoms with E-state index in [0.717, 1.165) is 29.5 Å². The van der Waals surface area contributed by atoms with Crippen LogP contribution in [-0.2, 0) is 10.8 Å². The van der Waals surface area contributed by atoms with Crippen LogP contribution in [0.5, 0.6) is 5.75 Å². The van der Waals surface area contributed by atoms with E-state index in [-0.39, 0.29) is 16.9 Å². The van der Waals surface area contributed by atoms with E-state index in [1.807, 2.05) is 0 Å². The first-order valence-electron chi connectivity index (χ1n) is 7.82. The van der Waals surface area contributed by atoms with E-state index < -0.39 is 0 Å². The van der Waals surface area contributed by atoms with E-state index >= 15 is 0 Å². The molecule has 0 unspecified atom stereocenters. The van der Waals surface area contributed by atoms with Gasteiger partial charge in [-0.3, -0.25) is 0 Å². The highest BCUT2D eigenvalue weighted by Crippen LogP contribution is 2.40. The zero-order chi connectivity index (χ0) is 16.4. The molecule has 0 saturated heterocycles. The third kappa shape index (κ3) is 4.45.